The lowest BCUT2D eigenvalue weighted by Gasteiger charge is -1.98. The Kier molecular flexibility index (Phi) is 6.68. The third-order valence-electron chi connectivity index (χ3n) is 0.727. The quantitative estimate of drug-likeness (QED) is 0.421. The molecule has 1 amide bonds. The van der Waals surface area contributed by atoms with Crippen LogP contribution in [0.2, 0.25) is 0 Å². The van der Waals surface area contributed by atoms with Crippen molar-refractivity contribution in [3.05, 3.63) is 0 Å². The molecule has 0 fully saturated rings. The van der Waals surface area contributed by atoms with Crippen LogP contribution in [0.4, 0.5) is 0 Å². The van der Waals surface area contributed by atoms with E-state index in [0.29, 0.717) is 0 Å². The van der Waals surface area contributed by atoms with Crippen LogP contribution in [0.25, 0.3) is 0 Å². The second kappa shape index (κ2) is 6.85. The molecule has 0 spiro atoms. The number of hydrogen-bond acceptors (Lipinski definition) is 4. The lowest BCUT2D eigenvalue weighted by atomic mass is 10.7. The van der Waals surface area contributed by atoms with Crippen LogP contribution in [0.3, 0.4) is 0 Å². The number of amides is 1. The Bertz CT molecular complexity index is 98.9. The zero-order chi connectivity index (χ0) is 7.82. The minimum Gasteiger partial charge on any atom is -0.394 e. The standard InChI is InChI=1S/C5H11NO3S/c1-6-5(8)4-10-9-3-2-7/h7H,2-4H2,1H3,(H,6,8). The predicted octanol–water partition coefficient (Wildman–Crippen LogP) is -0.611. The molecule has 0 saturated carbocycles. The molecule has 0 bridgehead atoms. The van der Waals surface area contributed by atoms with Crippen molar-refractivity contribution in [2.24, 2.45) is 0 Å². The molecule has 0 saturated heterocycles. The number of carbonyl (C=O) groups is 1. The van der Waals surface area contributed by atoms with Gasteiger partial charge in [-0.1, -0.05) is 0 Å². The second-order valence-corrected chi connectivity index (χ2v) is 2.24. The summed E-state index contributed by atoms with van der Waals surface area (Å²) in [4.78, 5) is 10.5. The summed E-state index contributed by atoms with van der Waals surface area (Å²) in [7, 11) is 1.56. The Labute approximate surface area is 64.2 Å². The highest BCUT2D eigenvalue weighted by Crippen LogP contribution is 1.99. The van der Waals surface area contributed by atoms with Crippen molar-refractivity contribution in [3.63, 3.8) is 0 Å². The van der Waals surface area contributed by atoms with Gasteiger partial charge in [-0.3, -0.25) is 4.79 Å². The van der Waals surface area contributed by atoms with Crippen LogP contribution in [0, 0.1) is 0 Å². The maximum absolute atomic E-state index is 10.5. The summed E-state index contributed by atoms with van der Waals surface area (Å²) in [6.45, 7) is 0.252. The highest BCUT2D eigenvalue weighted by Gasteiger charge is 1.96. The van der Waals surface area contributed by atoms with Crippen molar-refractivity contribution >= 4 is 17.9 Å². The Morgan fingerprint density at radius 1 is 1.80 bits per heavy atom. The van der Waals surface area contributed by atoms with Crippen LogP contribution in [0.5, 0.6) is 0 Å². The second-order valence-electron chi connectivity index (χ2n) is 1.48. The lowest BCUT2D eigenvalue weighted by Crippen LogP contribution is -2.20. The number of aliphatic hydroxyl groups excluding tert-OH is 1. The Morgan fingerprint density at radius 3 is 3.00 bits per heavy atom. The van der Waals surface area contributed by atoms with E-state index in [1.807, 2.05) is 0 Å². The highest BCUT2D eigenvalue weighted by molar-refractivity contribution is 7.95. The zero-order valence-electron chi connectivity index (χ0n) is 5.79. The van der Waals surface area contributed by atoms with Gasteiger partial charge in [0.2, 0.25) is 5.91 Å². The van der Waals surface area contributed by atoms with Crippen molar-refractivity contribution in [2.45, 2.75) is 0 Å². The third-order valence-corrected chi connectivity index (χ3v) is 1.44. The van der Waals surface area contributed by atoms with E-state index < -0.39 is 0 Å². The topological polar surface area (TPSA) is 58.6 Å². The molecule has 4 nitrogen and oxygen atoms in total. The van der Waals surface area contributed by atoms with E-state index in [2.05, 4.69) is 5.32 Å². The summed E-state index contributed by atoms with van der Waals surface area (Å²) < 4.78 is 4.76. The normalized spacial score (nSPS) is 9.40. The fourth-order valence-corrected chi connectivity index (χ4v) is 0.791. The molecule has 0 aromatic heterocycles. The molecular weight excluding hydrogens is 154 g/mol. The van der Waals surface area contributed by atoms with Crippen LogP contribution < -0.4 is 5.32 Å². The number of carbonyl (C=O) groups excluding carboxylic acids is 1. The summed E-state index contributed by atoms with van der Waals surface area (Å²) >= 11 is 1.04. The summed E-state index contributed by atoms with van der Waals surface area (Å²) in [6, 6.07) is 0. The van der Waals surface area contributed by atoms with Crippen molar-refractivity contribution < 1.29 is 14.1 Å². The summed E-state index contributed by atoms with van der Waals surface area (Å²) in [5.41, 5.74) is 0. The van der Waals surface area contributed by atoms with E-state index in [9.17, 15) is 4.79 Å². The minimum atomic E-state index is -0.0806. The molecule has 0 rings (SSSR count). The van der Waals surface area contributed by atoms with Gasteiger partial charge < -0.3 is 14.6 Å². The fourth-order valence-electron chi connectivity index (χ4n) is 0.264. The van der Waals surface area contributed by atoms with Gasteiger partial charge in [0.25, 0.3) is 0 Å². The van der Waals surface area contributed by atoms with Gasteiger partial charge in [0.1, 0.15) is 0 Å². The van der Waals surface area contributed by atoms with Gasteiger partial charge >= 0.3 is 0 Å². The molecule has 0 aliphatic rings. The molecule has 2 N–H and O–H groups in total. The molecule has 10 heavy (non-hydrogen) atoms. The summed E-state index contributed by atoms with van der Waals surface area (Å²) in [5, 5.41) is 10.7. The molecule has 5 heteroatoms. The molecular formula is C5H11NO3S. The van der Waals surface area contributed by atoms with Gasteiger partial charge in [-0.05, 0) is 0 Å². The highest BCUT2D eigenvalue weighted by atomic mass is 32.2. The number of hydrogen-bond donors (Lipinski definition) is 2. The molecule has 0 aliphatic carbocycles. The van der Waals surface area contributed by atoms with Crippen molar-refractivity contribution in [2.75, 3.05) is 26.0 Å². The van der Waals surface area contributed by atoms with Gasteiger partial charge in [-0.15, -0.1) is 0 Å². The molecule has 0 aromatic rings. The summed E-state index contributed by atoms with van der Waals surface area (Å²) in [6.07, 6.45) is 0. The van der Waals surface area contributed by atoms with E-state index in [1.165, 1.54) is 0 Å². The van der Waals surface area contributed by atoms with E-state index >= 15 is 0 Å². The van der Waals surface area contributed by atoms with Crippen molar-refractivity contribution in [1.29, 1.82) is 0 Å². The summed E-state index contributed by atoms with van der Waals surface area (Å²) in [5.74, 6) is 0.194. The van der Waals surface area contributed by atoms with Crippen LogP contribution in [-0.2, 0) is 8.98 Å². The third kappa shape index (κ3) is 5.87. The maximum Gasteiger partial charge on any atom is 0.232 e. The van der Waals surface area contributed by atoms with Gasteiger partial charge in [-0.25, -0.2) is 0 Å². The largest absolute Gasteiger partial charge is 0.394 e. The molecule has 0 unspecified atom stereocenters. The molecule has 0 radical (unpaired) electrons. The van der Waals surface area contributed by atoms with Gasteiger partial charge in [0, 0.05) is 19.1 Å². The Balaban J connectivity index is 2.96. The van der Waals surface area contributed by atoms with Crippen molar-refractivity contribution in [3.8, 4) is 0 Å². The average molecular weight is 165 g/mol. The Hall–Kier alpha value is -0.260. The van der Waals surface area contributed by atoms with Crippen molar-refractivity contribution in [1.82, 2.24) is 5.32 Å². The van der Waals surface area contributed by atoms with Crippen LogP contribution in [-0.4, -0.2) is 37.0 Å². The predicted molar refractivity (Wildman–Crippen MR) is 39.6 cm³/mol. The monoisotopic (exact) mass is 165 g/mol. The molecule has 0 aromatic carbocycles. The van der Waals surface area contributed by atoms with Gasteiger partial charge in [0.05, 0.1) is 19.0 Å². The SMILES string of the molecule is CNC(=O)CSOCCO. The molecule has 0 heterocycles. The number of rotatable bonds is 5. The van der Waals surface area contributed by atoms with Gasteiger partial charge in [-0.2, -0.15) is 0 Å². The van der Waals surface area contributed by atoms with E-state index in [4.69, 9.17) is 9.29 Å². The van der Waals surface area contributed by atoms with E-state index in [0.717, 1.165) is 12.0 Å². The average Bonchev–Trinajstić information content (AvgIpc) is 1.98. The van der Waals surface area contributed by atoms with E-state index in [-0.39, 0.29) is 24.9 Å². The van der Waals surface area contributed by atoms with Crippen LogP contribution >= 0.6 is 12.0 Å². The zero-order valence-corrected chi connectivity index (χ0v) is 6.61. The number of aliphatic hydroxyl groups is 1. The molecule has 0 aliphatic heterocycles. The first-order valence-electron chi connectivity index (χ1n) is 2.87. The maximum atomic E-state index is 10.5. The van der Waals surface area contributed by atoms with Crippen LogP contribution in [0.15, 0.2) is 0 Å². The fraction of sp³-hybridized carbons (Fsp3) is 0.800. The smallest absolute Gasteiger partial charge is 0.232 e. The van der Waals surface area contributed by atoms with Gasteiger partial charge in [0.15, 0.2) is 0 Å². The first kappa shape index (κ1) is 9.74. The first-order chi connectivity index (χ1) is 4.81. The lowest BCUT2D eigenvalue weighted by molar-refractivity contribution is -0.118. The Morgan fingerprint density at radius 2 is 2.50 bits per heavy atom. The molecule has 60 valence electrons. The van der Waals surface area contributed by atoms with Crippen LogP contribution in [0.1, 0.15) is 0 Å². The first-order valence-corrected chi connectivity index (χ1v) is 3.78. The van der Waals surface area contributed by atoms with E-state index in [1.54, 1.807) is 7.05 Å². The number of nitrogens with one attached hydrogen (secondary N) is 1. The molecule has 0 atom stereocenters. The minimum absolute atomic E-state index is 0.0132.